The molecule has 0 aromatic rings. The average molecular weight is 281 g/mol. The van der Waals surface area contributed by atoms with Gasteiger partial charge >= 0.3 is 6.18 Å². The monoisotopic (exact) mass is 281 g/mol. The molecule has 1 fully saturated rings. The third-order valence-corrected chi connectivity index (χ3v) is 3.58. The summed E-state index contributed by atoms with van der Waals surface area (Å²) in [5, 5.41) is 3.42. The molecule has 1 saturated carbocycles. The Morgan fingerprint density at radius 2 is 1.63 bits per heavy atom. The molecule has 0 radical (unpaired) electrons. The Labute approximate surface area is 114 Å². The first-order chi connectivity index (χ1) is 8.62. The van der Waals surface area contributed by atoms with Gasteiger partial charge in [-0.05, 0) is 33.6 Å². The van der Waals surface area contributed by atoms with Crippen LogP contribution < -0.4 is 5.32 Å². The van der Waals surface area contributed by atoms with Crippen molar-refractivity contribution in [3.8, 4) is 0 Å². The van der Waals surface area contributed by atoms with Crippen LogP contribution in [0.15, 0.2) is 0 Å². The highest BCUT2D eigenvalue weighted by Crippen LogP contribution is 2.36. The minimum atomic E-state index is -4.23. The van der Waals surface area contributed by atoms with Gasteiger partial charge in [0.05, 0.1) is 6.61 Å². The van der Waals surface area contributed by atoms with Crippen molar-refractivity contribution in [2.75, 3.05) is 19.8 Å². The summed E-state index contributed by atoms with van der Waals surface area (Å²) in [5.41, 5.74) is -0.148. The molecule has 2 nitrogen and oxygen atoms in total. The Morgan fingerprint density at radius 3 is 2.11 bits per heavy atom. The van der Waals surface area contributed by atoms with E-state index in [1.807, 2.05) is 0 Å². The highest BCUT2D eigenvalue weighted by Gasteiger charge is 2.35. The van der Waals surface area contributed by atoms with E-state index in [-0.39, 0.29) is 17.6 Å². The van der Waals surface area contributed by atoms with Crippen LogP contribution in [0.4, 0.5) is 13.2 Å². The molecule has 0 bridgehead atoms. The standard InChI is InChI=1S/C14H26F3NO/c1-12(2,3)18-9-13(7-5-4-6-8-13)10-19-11-14(15,16)17/h18H,4-11H2,1-3H3. The van der Waals surface area contributed by atoms with Crippen molar-refractivity contribution in [1.29, 1.82) is 0 Å². The molecular formula is C14H26F3NO. The van der Waals surface area contributed by atoms with Crippen LogP contribution in [0.2, 0.25) is 0 Å². The third-order valence-electron chi connectivity index (χ3n) is 3.58. The summed E-state index contributed by atoms with van der Waals surface area (Å²) < 4.78 is 41.4. The number of hydrogen-bond acceptors (Lipinski definition) is 2. The molecule has 5 heteroatoms. The molecule has 19 heavy (non-hydrogen) atoms. The Bertz CT molecular complexity index is 265. The summed E-state index contributed by atoms with van der Waals surface area (Å²) in [6, 6.07) is 0. The zero-order chi connectivity index (χ0) is 14.6. The molecule has 0 aromatic heterocycles. The number of halogens is 3. The zero-order valence-electron chi connectivity index (χ0n) is 12.2. The molecule has 1 N–H and O–H groups in total. The number of nitrogens with one attached hydrogen (secondary N) is 1. The topological polar surface area (TPSA) is 21.3 Å². The molecule has 1 rings (SSSR count). The Balaban J connectivity index is 2.50. The van der Waals surface area contributed by atoms with Crippen molar-refractivity contribution in [2.24, 2.45) is 5.41 Å². The predicted molar refractivity (Wildman–Crippen MR) is 70.1 cm³/mol. The smallest absolute Gasteiger partial charge is 0.371 e. The molecule has 0 unspecified atom stereocenters. The van der Waals surface area contributed by atoms with Gasteiger partial charge in [-0.15, -0.1) is 0 Å². The molecule has 0 saturated heterocycles. The molecule has 0 aliphatic heterocycles. The van der Waals surface area contributed by atoms with Crippen LogP contribution in [0, 0.1) is 5.41 Å². The van der Waals surface area contributed by atoms with Crippen molar-refractivity contribution in [2.45, 2.75) is 64.6 Å². The second-order valence-corrected chi connectivity index (χ2v) is 6.77. The molecule has 114 valence electrons. The lowest BCUT2D eigenvalue weighted by atomic mass is 9.74. The molecule has 1 aliphatic rings. The van der Waals surface area contributed by atoms with Crippen LogP contribution in [0.25, 0.3) is 0 Å². The molecule has 0 atom stereocenters. The second kappa shape index (κ2) is 6.44. The Morgan fingerprint density at radius 1 is 1.05 bits per heavy atom. The van der Waals surface area contributed by atoms with Gasteiger partial charge < -0.3 is 10.1 Å². The van der Waals surface area contributed by atoms with Gasteiger partial charge in [0.2, 0.25) is 0 Å². The van der Waals surface area contributed by atoms with Gasteiger partial charge in [0, 0.05) is 17.5 Å². The fourth-order valence-corrected chi connectivity index (χ4v) is 2.51. The highest BCUT2D eigenvalue weighted by molar-refractivity contribution is 4.87. The van der Waals surface area contributed by atoms with E-state index in [1.165, 1.54) is 6.42 Å². The fraction of sp³-hybridized carbons (Fsp3) is 1.00. The lowest BCUT2D eigenvalue weighted by Gasteiger charge is -2.39. The fourth-order valence-electron chi connectivity index (χ4n) is 2.51. The Kier molecular flexibility index (Phi) is 5.68. The molecule has 0 heterocycles. The molecule has 1 aliphatic carbocycles. The second-order valence-electron chi connectivity index (χ2n) is 6.77. The first-order valence-electron chi connectivity index (χ1n) is 7.02. The predicted octanol–water partition coefficient (Wildman–Crippen LogP) is 3.90. The Hall–Kier alpha value is -0.290. The maximum absolute atomic E-state index is 12.2. The minimum absolute atomic E-state index is 0.0194. The molecule has 0 spiro atoms. The minimum Gasteiger partial charge on any atom is -0.371 e. The van der Waals surface area contributed by atoms with E-state index in [9.17, 15) is 13.2 Å². The van der Waals surface area contributed by atoms with E-state index in [1.54, 1.807) is 0 Å². The largest absolute Gasteiger partial charge is 0.411 e. The highest BCUT2D eigenvalue weighted by atomic mass is 19.4. The van der Waals surface area contributed by atoms with Crippen LogP contribution in [0.1, 0.15) is 52.9 Å². The van der Waals surface area contributed by atoms with Gasteiger partial charge in [-0.1, -0.05) is 19.3 Å². The van der Waals surface area contributed by atoms with Crippen LogP contribution in [0.5, 0.6) is 0 Å². The van der Waals surface area contributed by atoms with Crippen molar-refractivity contribution in [3.63, 3.8) is 0 Å². The maximum Gasteiger partial charge on any atom is 0.411 e. The van der Waals surface area contributed by atoms with Gasteiger partial charge in [-0.3, -0.25) is 0 Å². The van der Waals surface area contributed by atoms with E-state index >= 15 is 0 Å². The summed E-state index contributed by atoms with van der Waals surface area (Å²) >= 11 is 0. The van der Waals surface area contributed by atoms with Crippen LogP contribution in [-0.2, 0) is 4.74 Å². The van der Waals surface area contributed by atoms with Crippen LogP contribution in [0.3, 0.4) is 0 Å². The molecule has 0 aromatic carbocycles. The lowest BCUT2D eigenvalue weighted by Crippen LogP contribution is -2.47. The summed E-state index contributed by atoms with van der Waals surface area (Å²) in [5.74, 6) is 0. The summed E-state index contributed by atoms with van der Waals surface area (Å²) in [6.45, 7) is 6.01. The summed E-state index contributed by atoms with van der Waals surface area (Å²) in [6.07, 6.45) is 1.02. The van der Waals surface area contributed by atoms with E-state index in [0.29, 0.717) is 0 Å². The maximum atomic E-state index is 12.2. The quantitative estimate of drug-likeness (QED) is 0.825. The van der Waals surface area contributed by atoms with Gasteiger partial charge in [-0.2, -0.15) is 13.2 Å². The van der Waals surface area contributed by atoms with E-state index in [2.05, 4.69) is 26.1 Å². The molecule has 0 amide bonds. The van der Waals surface area contributed by atoms with Crippen molar-refractivity contribution in [3.05, 3.63) is 0 Å². The summed E-state index contributed by atoms with van der Waals surface area (Å²) in [4.78, 5) is 0. The van der Waals surface area contributed by atoms with Gasteiger partial charge in [-0.25, -0.2) is 0 Å². The van der Waals surface area contributed by atoms with Crippen LogP contribution >= 0.6 is 0 Å². The average Bonchev–Trinajstić information content (AvgIpc) is 2.25. The third kappa shape index (κ3) is 7.16. The van der Waals surface area contributed by atoms with Crippen LogP contribution in [-0.4, -0.2) is 31.5 Å². The normalized spacial score (nSPS) is 20.5. The van der Waals surface area contributed by atoms with E-state index in [0.717, 1.165) is 32.2 Å². The SMILES string of the molecule is CC(C)(C)NCC1(COCC(F)(F)F)CCCCC1. The number of hydrogen-bond donors (Lipinski definition) is 1. The number of rotatable bonds is 5. The van der Waals surface area contributed by atoms with Crippen molar-refractivity contribution >= 4 is 0 Å². The molecular weight excluding hydrogens is 255 g/mol. The first-order valence-corrected chi connectivity index (χ1v) is 7.02. The van der Waals surface area contributed by atoms with Crippen molar-refractivity contribution < 1.29 is 17.9 Å². The first kappa shape index (κ1) is 16.8. The number of ether oxygens (including phenoxy) is 1. The van der Waals surface area contributed by atoms with Gasteiger partial charge in [0.15, 0.2) is 0 Å². The van der Waals surface area contributed by atoms with E-state index in [4.69, 9.17) is 4.74 Å². The van der Waals surface area contributed by atoms with E-state index < -0.39 is 12.8 Å². The van der Waals surface area contributed by atoms with Gasteiger partial charge in [0.1, 0.15) is 6.61 Å². The van der Waals surface area contributed by atoms with Crippen molar-refractivity contribution in [1.82, 2.24) is 5.32 Å². The number of alkyl halides is 3. The zero-order valence-corrected chi connectivity index (χ0v) is 12.2. The lowest BCUT2D eigenvalue weighted by molar-refractivity contribution is -0.182. The summed E-state index contributed by atoms with van der Waals surface area (Å²) in [7, 11) is 0. The van der Waals surface area contributed by atoms with Gasteiger partial charge in [0.25, 0.3) is 0 Å².